The van der Waals surface area contributed by atoms with Crippen LogP contribution in [0.5, 0.6) is 11.5 Å². The van der Waals surface area contributed by atoms with E-state index in [0.717, 1.165) is 57.6 Å². The molecule has 0 bridgehead atoms. The van der Waals surface area contributed by atoms with E-state index in [4.69, 9.17) is 9.47 Å². The van der Waals surface area contributed by atoms with Gasteiger partial charge < -0.3 is 25.0 Å². The van der Waals surface area contributed by atoms with Crippen molar-refractivity contribution in [3.63, 3.8) is 0 Å². The summed E-state index contributed by atoms with van der Waals surface area (Å²) in [5.41, 5.74) is 6.22. The fourth-order valence-electron chi connectivity index (χ4n) is 6.54. The quantitative estimate of drug-likeness (QED) is 0.213. The highest BCUT2D eigenvalue weighted by atomic mass is 16.5. The average Bonchev–Trinajstić information content (AvgIpc) is 3.71. The first-order valence-corrected chi connectivity index (χ1v) is 15.1. The van der Waals surface area contributed by atoms with Crippen molar-refractivity contribution < 1.29 is 9.47 Å². The summed E-state index contributed by atoms with van der Waals surface area (Å²) in [6.07, 6.45) is 3.53. The Morgan fingerprint density at radius 1 is 0.674 bits per heavy atom. The highest BCUT2D eigenvalue weighted by Gasteiger charge is 2.19. The number of aromatic nitrogens is 4. The lowest BCUT2D eigenvalue weighted by Gasteiger charge is -2.19. The van der Waals surface area contributed by atoms with Crippen molar-refractivity contribution in [1.29, 1.82) is 0 Å². The third-order valence-electron chi connectivity index (χ3n) is 8.91. The van der Waals surface area contributed by atoms with Gasteiger partial charge in [-0.3, -0.25) is 18.4 Å². The van der Waals surface area contributed by atoms with E-state index in [0.29, 0.717) is 46.1 Å². The van der Waals surface area contributed by atoms with E-state index in [9.17, 15) is 9.59 Å². The van der Waals surface area contributed by atoms with Gasteiger partial charge in [0, 0.05) is 37.6 Å². The lowest BCUT2D eigenvalue weighted by atomic mass is 10.1. The molecule has 0 aliphatic carbocycles. The largest absolute Gasteiger partial charge is 0.497 e. The second-order valence-electron chi connectivity index (χ2n) is 11.5. The molecule has 0 aliphatic heterocycles. The maximum atomic E-state index is 13.7. The van der Waals surface area contributed by atoms with Gasteiger partial charge in [-0.1, -0.05) is 0 Å². The van der Waals surface area contributed by atoms with Crippen LogP contribution in [0.1, 0.15) is 0 Å². The molecule has 0 amide bonds. The van der Waals surface area contributed by atoms with Crippen molar-refractivity contribution in [2.45, 2.75) is 0 Å². The molecule has 4 aromatic carbocycles. The molecule has 0 radical (unpaired) electrons. The number of anilines is 2. The van der Waals surface area contributed by atoms with Crippen LogP contribution in [0.15, 0.2) is 82.9 Å². The van der Waals surface area contributed by atoms with Gasteiger partial charge in [-0.05, 0) is 67.7 Å². The molecule has 8 aromatic rings. The summed E-state index contributed by atoms with van der Waals surface area (Å²) in [5, 5.41) is 9.39. The molecule has 0 atom stereocenters. The fourth-order valence-corrected chi connectivity index (χ4v) is 6.54. The van der Waals surface area contributed by atoms with Crippen LogP contribution in [-0.2, 0) is 0 Å². The molecule has 230 valence electrons. The molecular formula is C35H31N7O4. The molecule has 0 unspecified atom stereocenters. The van der Waals surface area contributed by atoms with E-state index >= 15 is 0 Å². The third kappa shape index (κ3) is 4.23. The number of benzene rings is 4. The number of nitrogens with zero attached hydrogens (tertiary/aromatic N) is 5. The number of imidazole rings is 2. The number of ether oxygens (including phenoxy) is 2. The number of nitrogens with one attached hydrogen (secondary N) is 2. The zero-order chi connectivity index (χ0) is 31.5. The Kier molecular flexibility index (Phi) is 6.50. The number of likely N-dealkylation sites (N-methyl/N-ethyl adjacent to an activating group) is 1. The summed E-state index contributed by atoms with van der Waals surface area (Å²) >= 11 is 0. The molecule has 11 heteroatoms. The normalized spacial score (nSPS) is 12.1. The number of hydrogen-bond donors (Lipinski definition) is 2. The first-order valence-electron chi connectivity index (χ1n) is 15.1. The Hall–Kier alpha value is -5.68. The smallest absolute Gasteiger partial charge is 0.199 e. The average molecular weight is 614 g/mol. The molecule has 11 nitrogen and oxygen atoms in total. The lowest BCUT2D eigenvalue weighted by molar-refractivity contribution is 0.361. The minimum atomic E-state index is -0.0505. The van der Waals surface area contributed by atoms with Gasteiger partial charge >= 0.3 is 0 Å². The number of hydrogen-bond acceptors (Lipinski definition) is 9. The maximum Gasteiger partial charge on any atom is 0.199 e. The number of rotatable bonds is 10. The van der Waals surface area contributed by atoms with Crippen molar-refractivity contribution >= 4 is 66.0 Å². The summed E-state index contributed by atoms with van der Waals surface area (Å²) < 4.78 is 14.7. The summed E-state index contributed by atoms with van der Waals surface area (Å²) in [6.45, 7) is 2.74. The Morgan fingerprint density at radius 2 is 1.13 bits per heavy atom. The second-order valence-corrected chi connectivity index (χ2v) is 11.5. The van der Waals surface area contributed by atoms with Gasteiger partial charge in [-0.15, -0.1) is 0 Å². The van der Waals surface area contributed by atoms with Crippen molar-refractivity contribution in [1.82, 2.24) is 23.7 Å². The van der Waals surface area contributed by atoms with E-state index in [2.05, 4.69) is 32.5 Å². The lowest BCUT2D eigenvalue weighted by Crippen LogP contribution is -2.30. The standard InChI is InChI=1S/C35H31N7O4/c1-40(14-12-36-24-6-8-26-32-30(24)34(43)22-16-20(45-2)4-10-28(22)41(32)18-38-26)15-13-37-25-7-9-27-33-31(25)35(44)23-17-21(46-3)5-11-29(23)42(33)19-39-27/h4-11,16-19,36-37H,12-15H2,1-3H3. The Bertz CT molecular complexity index is 2370. The van der Waals surface area contributed by atoms with Crippen LogP contribution in [0.2, 0.25) is 0 Å². The molecule has 0 saturated heterocycles. The van der Waals surface area contributed by atoms with Gasteiger partial charge in [-0.25, -0.2) is 9.97 Å². The summed E-state index contributed by atoms with van der Waals surface area (Å²) in [6, 6.07) is 18.8. The van der Waals surface area contributed by atoms with E-state index in [-0.39, 0.29) is 10.9 Å². The maximum absolute atomic E-state index is 13.7. The van der Waals surface area contributed by atoms with E-state index in [1.807, 2.05) is 57.3 Å². The van der Waals surface area contributed by atoms with Crippen LogP contribution in [0, 0.1) is 0 Å². The van der Waals surface area contributed by atoms with E-state index in [1.54, 1.807) is 39.0 Å². The van der Waals surface area contributed by atoms with Crippen molar-refractivity contribution in [3.05, 3.63) is 93.8 Å². The fraction of sp³-hybridized carbons (Fsp3) is 0.200. The monoisotopic (exact) mass is 613 g/mol. The molecule has 4 aromatic heterocycles. The molecule has 0 aliphatic rings. The third-order valence-corrected chi connectivity index (χ3v) is 8.91. The van der Waals surface area contributed by atoms with Gasteiger partial charge in [0.2, 0.25) is 0 Å². The predicted molar refractivity (Wildman–Crippen MR) is 183 cm³/mol. The van der Waals surface area contributed by atoms with Gasteiger partial charge in [0.05, 0.1) is 68.9 Å². The highest BCUT2D eigenvalue weighted by molar-refractivity contribution is 6.08. The first-order chi connectivity index (χ1) is 22.5. The molecule has 4 heterocycles. The molecule has 0 spiro atoms. The second kappa shape index (κ2) is 10.7. The molecule has 8 rings (SSSR count). The zero-order valence-corrected chi connectivity index (χ0v) is 25.6. The van der Waals surface area contributed by atoms with Crippen molar-refractivity contribution in [2.24, 2.45) is 0 Å². The Labute approximate surface area is 262 Å². The minimum absolute atomic E-state index is 0.0505. The predicted octanol–water partition coefficient (Wildman–Crippen LogP) is 4.66. The summed E-state index contributed by atoms with van der Waals surface area (Å²) in [4.78, 5) is 38.7. The van der Waals surface area contributed by atoms with Crippen LogP contribution in [-0.4, -0.2) is 71.1 Å². The Balaban J connectivity index is 0.995. The SMILES string of the molecule is COc1ccc2c(c1)c(=O)c1c(NCCN(C)CCNc3ccc4ncn5c6ccc(OC)cc6c(=O)c3c45)ccc3ncn2c31. The van der Waals surface area contributed by atoms with Gasteiger partial charge in [0.1, 0.15) is 24.2 Å². The first kappa shape index (κ1) is 27.8. The van der Waals surface area contributed by atoms with Crippen molar-refractivity contribution in [3.8, 4) is 11.5 Å². The van der Waals surface area contributed by atoms with Gasteiger partial charge in [0.25, 0.3) is 0 Å². The van der Waals surface area contributed by atoms with Crippen LogP contribution in [0.25, 0.3) is 54.6 Å². The molecule has 2 N–H and O–H groups in total. The van der Waals surface area contributed by atoms with E-state index in [1.165, 1.54) is 0 Å². The van der Waals surface area contributed by atoms with Crippen LogP contribution < -0.4 is 31.0 Å². The molecule has 0 saturated carbocycles. The number of fused-ring (bicyclic) bond motifs is 4. The number of methoxy groups -OCH3 is 2. The highest BCUT2D eigenvalue weighted by Crippen LogP contribution is 2.31. The molecule has 46 heavy (non-hydrogen) atoms. The zero-order valence-electron chi connectivity index (χ0n) is 25.6. The Morgan fingerprint density at radius 3 is 1.57 bits per heavy atom. The van der Waals surface area contributed by atoms with Gasteiger partial charge in [0.15, 0.2) is 10.9 Å². The number of pyridine rings is 2. The van der Waals surface area contributed by atoms with Crippen molar-refractivity contribution in [2.75, 3.05) is 58.1 Å². The van der Waals surface area contributed by atoms with Crippen LogP contribution >= 0.6 is 0 Å². The summed E-state index contributed by atoms with van der Waals surface area (Å²) in [7, 11) is 5.24. The summed E-state index contributed by atoms with van der Waals surface area (Å²) in [5.74, 6) is 1.27. The topological polar surface area (TPSA) is 115 Å². The molecule has 0 fully saturated rings. The minimum Gasteiger partial charge on any atom is -0.497 e. The van der Waals surface area contributed by atoms with Crippen LogP contribution in [0.3, 0.4) is 0 Å². The van der Waals surface area contributed by atoms with E-state index < -0.39 is 0 Å². The molecular weight excluding hydrogens is 582 g/mol. The van der Waals surface area contributed by atoms with Crippen LogP contribution in [0.4, 0.5) is 11.4 Å². The van der Waals surface area contributed by atoms with Gasteiger partial charge in [-0.2, -0.15) is 0 Å².